The minimum atomic E-state index is 0.546. The standard InChI is InChI=1S/C17H18N6O2/c1-25-17-13(3-2-5-18-17)14-11-19-23-6-4-15(20-16(14)23)22-9-7-21(12-24)8-10-22/h2-6,11-12H,7-10H2,1H3. The largest absolute Gasteiger partial charge is 0.481 e. The zero-order chi connectivity index (χ0) is 17.2. The van der Waals surface area contributed by atoms with Crippen LogP contribution < -0.4 is 9.64 Å². The number of aromatic nitrogens is 4. The van der Waals surface area contributed by atoms with Gasteiger partial charge in [0, 0.05) is 44.1 Å². The lowest BCUT2D eigenvalue weighted by molar-refractivity contribution is -0.118. The fourth-order valence-corrected chi connectivity index (χ4v) is 3.04. The molecule has 0 N–H and O–H groups in total. The van der Waals surface area contributed by atoms with E-state index in [9.17, 15) is 4.79 Å². The summed E-state index contributed by atoms with van der Waals surface area (Å²) in [5.41, 5.74) is 2.48. The zero-order valence-electron chi connectivity index (χ0n) is 13.9. The molecule has 8 nitrogen and oxygen atoms in total. The van der Waals surface area contributed by atoms with Gasteiger partial charge in [0.15, 0.2) is 5.65 Å². The van der Waals surface area contributed by atoms with Gasteiger partial charge in [-0.25, -0.2) is 14.5 Å². The first-order chi connectivity index (χ1) is 12.3. The smallest absolute Gasteiger partial charge is 0.221 e. The Kier molecular flexibility index (Phi) is 3.93. The van der Waals surface area contributed by atoms with Gasteiger partial charge in [-0.15, -0.1) is 0 Å². The maximum absolute atomic E-state index is 10.9. The average Bonchev–Trinajstić information content (AvgIpc) is 3.11. The molecular formula is C17H18N6O2. The van der Waals surface area contributed by atoms with Gasteiger partial charge in [-0.1, -0.05) is 0 Å². The van der Waals surface area contributed by atoms with Crippen molar-refractivity contribution in [2.45, 2.75) is 0 Å². The molecule has 0 aromatic carbocycles. The number of pyridine rings is 1. The number of fused-ring (bicyclic) bond motifs is 1. The Labute approximate surface area is 144 Å². The van der Waals surface area contributed by atoms with Gasteiger partial charge in [-0.05, 0) is 18.2 Å². The number of hydrogen-bond acceptors (Lipinski definition) is 6. The quantitative estimate of drug-likeness (QED) is 0.663. The van der Waals surface area contributed by atoms with E-state index in [2.05, 4.69) is 15.0 Å². The predicted molar refractivity (Wildman–Crippen MR) is 92.6 cm³/mol. The van der Waals surface area contributed by atoms with Crippen molar-refractivity contribution in [2.75, 3.05) is 38.2 Å². The molecule has 0 atom stereocenters. The van der Waals surface area contributed by atoms with E-state index in [1.165, 1.54) is 0 Å². The third kappa shape index (κ3) is 2.75. The molecule has 1 aliphatic rings. The van der Waals surface area contributed by atoms with Crippen molar-refractivity contribution in [3.8, 4) is 17.0 Å². The molecule has 3 aromatic heterocycles. The normalized spacial score (nSPS) is 14.8. The molecule has 0 aliphatic carbocycles. The van der Waals surface area contributed by atoms with E-state index >= 15 is 0 Å². The topological polar surface area (TPSA) is 75.9 Å². The Morgan fingerprint density at radius 1 is 1.16 bits per heavy atom. The summed E-state index contributed by atoms with van der Waals surface area (Å²) in [5.74, 6) is 1.42. The summed E-state index contributed by atoms with van der Waals surface area (Å²) in [6.45, 7) is 2.95. The molecule has 1 fully saturated rings. The molecule has 4 heterocycles. The summed E-state index contributed by atoms with van der Waals surface area (Å²) in [6, 6.07) is 5.75. The number of carbonyl (C=O) groups excluding carboxylic acids is 1. The molecule has 0 unspecified atom stereocenters. The van der Waals surface area contributed by atoms with Crippen LogP contribution in [0.1, 0.15) is 0 Å². The molecule has 1 amide bonds. The number of anilines is 1. The van der Waals surface area contributed by atoms with Crippen LogP contribution in [0, 0.1) is 0 Å². The second kappa shape index (κ2) is 6.39. The highest BCUT2D eigenvalue weighted by Crippen LogP contribution is 2.30. The Balaban J connectivity index is 1.72. The molecule has 0 saturated carbocycles. The zero-order valence-corrected chi connectivity index (χ0v) is 13.9. The van der Waals surface area contributed by atoms with Crippen LogP contribution in [0.5, 0.6) is 5.88 Å². The third-order valence-electron chi connectivity index (χ3n) is 4.40. The molecule has 0 radical (unpaired) electrons. The molecule has 1 saturated heterocycles. The van der Waals surface area contributed by atoms with E-state index in [0.29, 0.717) is 19.0 Å². The lowest BCUT2D eigenvalue weighted by atomic mass is 10.1. The number of piperazine rings is 1. The van der Waals surface area contributed by atoms with Crippen LogP contribution in [0.3, 0.4) is 0 Å². The summed E-state index contributed by atoms with van der Waals surface area (Å²) in [7, 11) is 1.60. The molecule has 1 aliphatic heterocycles. The lowest BCUT2D eigenvalue weighted by Gasteiger charge is -2.33. The number of hydrogen-bond donors (Lipinski definition) is 0. The second-order valence-electron chi connectivity index (χ2n) is 5.80. The van der Waals surface area contributed by atoms with Crippen LogP contribution in [-0.2, 0) is 4.79 Å². The fourth-order valence-electron chi connectivity index (χ4n) is 3.04. The third-order valence-corrected chi connectivity index (χ3v) is 4.40. The number of carbonyl (C=O) groups is 1. The van der Waals surface area contributed by atoms with Gasteiger partial charge in [0.2, 0.25) is 12.3 Å². The number of nitrogens with zero attached hydrogens (tertiary/aromatic N) is 6. The van der Waals surface area contributed by atoms with Gasteiger partial charge < -0.3 is 14.5 Å². The van der Waals surface area contributed by atoms with Gasteiger partial charge in [0.25, 0.3) is 0 Å². The van der Waals surface area contributed by atoms with Gasteiger partial charge in [-0.3, -0.25) is 4.79 Å². The summed E-state index contributed by atoms with van der Waals surface area (Å²) >= 11 is 0. The van der Waals surface area contributed by atoms with Gasteiger partial charge in [0.1, 0.15) is 5.82 Å². The monoisotopic (exact) mass is 338 g/mol. The van der Waals surface area contributed by atoms with E-state index in [0.717, 1.165) is 42.1 Å². The van der Waals surface area contributed by atoms with E-state index in [-0.39, 0.29) is 0 Å². The van der Waals surface area contributed by atoms with Crippen molar-refractivity contribution in [3.63, 3.8) is 0 Å². The summed E-state index contributed by atoms with van der Waals surface area (Å²) in [6.07, 6.45) is 6.27. The van der Waals surface area contributed by atoms with E-state index in [4.69, 9.17) is 9.72 Å². The van der Waals surface area contributed by atoms with E-state index < -0.39 is 0 Å². The number of amides is 1. The molecule has 8 heteroatoms. The van der Waals surface area contributed by atoms with Crippen molar-refractivity contribution >= 4 is 17.9 Å². The first kappa shape index (κ1) is 15.4. The average molecular weight is 338 g/mol. The molecule has 0 spiro atoms. The first-order valence-corrected chi connectivity index (χ1v) is 8.08. The van der Waals surface area contributed by atoms with E-state index in [1.54, 1.807) is 28.9 Å². The van der Waals surface area contributed by atoms with Gasteiger partial charge in [0.05, 0.1) is 18.9 Å². The molecule has 25 heavy (non-hydrogen) atoms. The fraction of sp³-hybridized carbons (Fsp3) is 0.294. The van der Waals surface area contributed by atoms with Crippen molar-refractivity contribution in [2.24, 2.45) is 0 Å². The van der Waals surface area contributed by atoms with Gasteiger partial charge in [-0.2, -0.15) is 5.10 Å². The van der Waals surface area contributed by atoms with Crippen LogP contribution in [-0.4, -0.2) is 64.2 Å². The highest BCUT2D eigenvalue weighted by Gasteiger charge is 2.19. The van der Waals surface area contributed by atoms with Crippen LogP contribution in [0.25, 0.3) is 16.8 Å². The van der Waals surface area contributed by atoms with Crippen molar-refractivity contribution in [3.05, 3.63) is 36.8 Å². The summed E-state index contributed by atoms with van der Waals surface area (Å²) in [4.78, 5) is 23.9. The van der Waals surface area contributed by atoms with E-state index in [1.807, 2.05) is 24.4 Å². The highest BCUT2D eigenvalue weighted by molar-refractivity contribution is 5.80. The Morgan fingerprint density at radius 2 is 2.00 bits per heavy atom. The maximum atomic E-state index is 10.9. The number of methoxy groups -OCH3 is 1. The van der Waals surface area contributed by atoms with Crippen LogP contribution in [0.4, 0.5) is 5.82 Å². The first-order valence-electron chi connectivity index (χ1n) is 8.08. The van der Waals surface area contributed by atoms with Crippen LogP contribution in [0.2, 0.25) is 0 Å². The molecule has 3 aromatic rings. The Bertz CT molecular complexity index is 901. The molecule has 128 valence electrons. The Hall–Kier alpha value is -3.16. The summed E-state index contributed by atoms with van der Waals surface area (Å²) in [5, 5.41) is 4.38. The highest BCUT2D eigenvalue weighted by atomic mass is 16.5. The Morgan fingerprint density at radius 3 is 2.76 bits per heavy atom. The van der Waals surface area contributed by atoms with Gasteiger partial charge >= 0.3 is 0 Å². The van der Waals surface area contributed by atoms with Crippen molar-refractivity contribution < 1.29 is 9.53 Å². The lowest BCUT2D eigenvalue weighted by Crippen LogP contribution is -2.46. The van der Waals surface area contributed by atoms with Crippen LogP contribution >= 0.6 is 0 Å². The maximum Gasteiger partial charge on any atom is 0.221 e. The molecule has 0 bridgehead atoms. The van der Waals surface area contributed by atoms with Crippen LogP contribution in [0.15, 0.2) is 36.8 Å². The van der Waals surface area contributed by atoms with Crippen molar-refractivity contribution in [1.82, 2.24) is 24.5 Å². The number of rotatable bonds is 4. The second-order valence-corrected chi connectivity index (χ2v) is 5.80. The predicted octanol–water partition coefficient (Wildman–Crippen LogP) is 1.08. The summed E-state index contributed by atoms with van der Waals surface area (Å²) < 4.78 is 7.11. The minimum Gasteiger partial charge on any atom is -0.481 e. The SMILES string of the molecule is COc1ncccc1-c1cnn2ccc(N3CCN(C=O)CC3)nc12. The minimum absolute atomic E-state index is 0.546. The number of ether oxygens (including phenoxy) is 1. The van der Waals surface area contributed by atoms with Crippen molar-refractivity contribution in [1.29, 1.82) is 0 Å². The molecular weight excluding hydrogens is 320 g/mol. The molecule has 4 rings (SSSR count).